The minimum atomic E-state index is -3.53. The number of halogens is 1. The summed E-state index contributed by atoms with van der Waals surface area (Å²) in [6, 6.07) is 5.81. The van der Waals surface area contributed by atoms with Crippen molar-refractivity contribution in [2.75, 3.05) is 24.3 Å². The molecular formula is C15H22ClNO3S. The van der Waals surface area contributed by atoms with Gasteiger partial charge in [0.2, 0.25) is 9.05 Å². The Labute approximate surface area is 131 Å². The van der Waals surface area contributed by atoms with Crippen LogP contribution in [0.15, 0.2) is 18.2 Å². The SMILES string of the molecule is CCN1c2cc(OC)ccc2C(CS(=O)(=O)Cl)CC1(C)C. The van der Waals surface area contributed by atoms with E-state index in [1.807, 2.05) is 18.2 Å². The predicted molar refractivity (Wildman–Crippen MR) is 87.1 cm³/mol. The van der Waals surface area contributed by atoms with Gasteiger partial charge < -0.3 is 9.64 Å². The Hall–Kier alpha value is -0.940. The summed E-state index contributed by atoms with van der Waals surface area (Å²) in [5.41, 5.74) is 1.94. The fourth-order valence-electron chi connectivity index (χ4n) is 3.37. The Bertz CT molecular complexity index is 628. The first-order chi connectivity index (χ1) is 9.68. The molecule has 0 spiro atoms. The maximum Gasteiger partial charge on any atom is 0.233 e. The second kappa shape index (κ2) is 5.69. The van der Waals surface area contributed by atoms with Crippen molar-refractivity contribution in [3.05, 3.63) is 23.8 Å². The van der Waals surface area contributed by atoms with Gasteiger partial charge in [0.15, 0.2) is 0 Å². The van der Waals surface area contributed by atoms with Crippen molar-refractivity contribution < 1.29 is 13.2 Å². The van der Waals surface area contributed by atoms with Gasteiger partial charge in [-0.15, -0.1) is 0 Å². The first kappa shape index (κ1) is 16.4. The molecule has 0 aromatic heterocycles. The van der Waals surface area contributed by atoms with E-state index >= 15 is 0 Å². The van der Waals surface area contributed by atoms with Crippen LogP contribution in [0.5, 0.6) is 5.75 Å². The third-order valence-corrected chi connectivity index (χ3v) is 5.34. The van der Waals surface area contributed by atoms with Gasteiger partial charge >= 0.3 is 0 Å². The lowest BCUT2D eigenvalue weighted by atomic mass is 9.80. The number of anilines is 1. The van der Waals surface area contributed by atoms with E-state index in [9.17, 15) is 8.42 Å². The second-order valence-electron chi connectivity index (χ2n) is 6.09. The molecule has 0 saturated heterocycles. The van der Waals surface area contributed by atoms with E-state index in [-0.39, 0.29) is 17.2 Å². The molecule has 0 saturated carbocycles. The molecule has 0 N–H and O–H groups in total. The molecule has 0 fully saturated rings. The number of hydrogen-bond acceptors (Lipinski definition) is 4. The number of methoxy groups -OCH3 is 1. The highest BCUT2D eigenvalue weighted by atomic mass is 35.7. The molecule has 1 aliphatic heterocycles. The topological polar surface area (TPSA) is 46.6 Å². The van der Waals surface area contributed by atoms with Crippen molar-refractivity contribution >= 4 is 25.4 Å². The van der Waals surface area contributed by atoms with Crippen LogP contribution in [0.4, 0.5) is 5.69 Å². The fraction of sp³-hybridized carbons (Fsp3) is 0.600. The van der Waals surface area contributed by atoms with E-state index in [1.165, 1.54) is 0 Å². The first-order valence-corrected chi connectivity index (χ1v) is 9.53. The van der Waals surface area contributed by atoms with Gasteiger partial charge in [0.25, 0.3) is 0 Å². The number of fused-ring (bicyclic) bond motifs is 1. The van der Waals surface area contributed by atoms with E-state index in [0.29, 0.717) is 0 Å². The van der Waals surface area contributed by atoms with E-state index in [4.69, 9.17) is 15.4 Å². The number of benzene rings is 1. The van der Waals surface area contributed by atoms with Gasteiger partial charge in [0.05, 0.1) is 12.9 Å². The molecule has 6 heteroatoms. The molecule has 1 unspecified atom stereocenters. The lowest BCUT2D eigenvalue weighted by Crippen LogP contribution is -2.49. The highest BCUT2D eigenvalue weighted by Gasteiger charge is 2.38. The van der Waals surface area contributed by atoms with Gasteiger partial charge in [-0.2, -0.15) is 0 Å². The van der Waals surface area contributed by atoms with Crippen molar-refractivity contribution in [1.82, 2.24) is 0 Å². The number of hydrogen-bond donors (Lipinski definition) is 0. The molecule has 21 heavy (non-hydrogen) atoms. The lowest BCUT2D eigenvalue weighted by Gasteiger charge is -2.47. The van der Waals surface area contributed by atoms with Crippen molar-refractivity contribution in [3.8, 4) is 5.75 Å². The molecule has 0 aliphatic carbocycles. The number of rotatable bonds is 4. The van der Waals surface area contributed by atoms with Crippen molar-refractivity contribution in [1.29, 1.82) is 0 Å². The van der Waals surface area contributed by atoms with Gasteiger partial charge in [-0.25, -0.2) is 8.42 Å². The molecule has 2 rings (SSSR count). The van der Waals surface area contributed by atoms with Gasteiger partial charge in [0.1, 0.15) is 5.75 Å². The Morgan fingerprint density at radius 1 is 1.43 bits per heavy atom. The van der Waals surface area contributed by atoms with Crippen LogP contribution in [-0.2, 0) is 9.05 Å². The molecule has 1 aromatic rings. The molecule has 1 heterocycles. The zero-order valence-corrected chi connectivity index (χ0v) is 14.5. The molecule has 1 aliphatic rings. The highest BCUT2D eigenvalue weighted by Crippen LogP contribution is 2.45. The summed E-state index contributed by atoms with van der Waals surface area (Å²) in [4.78, 5) is 2.29. The standard InChI is InChI=1S/C15H22ClNO3S/c1-5-17-14-8-12(20-4)6-7-13(14)11(9-15(17,2)3)10-21(16,18)19/h6-8,11H,5,9-10H2,1-4H3. The van der Waals surface area contributed by atoms with Crippen LogP contribution in [0.25, 0.3) is 0 Å². The maximum atomic E-state index is 11.5. The quantitative estimate of drug-likeness (QED) is 0.794. The second-order valence-corrected chi connectivity index (χ2v) is 8.91. The molecule has 0 amide bonds. The van der Waals surface area contributed by atoms with Crippen LogP contribution in [0.2, 0.25) is 0 Å². The van der Waals surface area contributed by atoms with Crippen LogP contribution < -0.4 is 9.64 Å². The summed E-state index contributed by atoms with van der Waals surface area (Å²) >= 11 is 0. The van der Waals surface area contributed by atoms with Crippen LogP contribution in [0.1, 0.15) is 38.7 Å². The van der Waals surface area contributed by atoms with E-state index in [1.54, 1.807) is 7.11 Å². The summed E-state index contributed by atoms with van der Waals surface area (Å²) < 4.78 is 28.3. The fourth-order valence-corrected chi connectivity index (χ4v) is 4.60. The summed E-state index contributed by atoms with van der Waals surface area (Å²) in [5, 5.41) is 0. The Morgan fingerprint density at radius 2 is 2.10 bits per heavy atom. The van der Waals surface area contributed by atoms with Crippen molar-refractivity contribution in [2.24, 2.45) is 0 Å². The summed E-state index contributed by atoms with van der Waals surface area (Å²) in [7, 11) is 3.59. The minimum absolute atomic E-state index is 0.0329. The number of nitrogens with zero attached hydrogens (tertiary/aromatic N) is 1. The van der Waals surface area contributed by atoms with Crippen LogP contribution >= 0.6 is 10.7 Å². The molecule has 4 nitrogen and oxygen atoms in total. The lowest BCUT2D eigenvalue weighted by molar-refractivity contribution is 0.378. The van der Waals surface area contributed by atoms with E-state index in [2.05, 4.69) is 25.7 Å². The molecular weight excluding hydrogens is 310 g/mol. The largest absolute Gasteiger partial charge is 0.497 e. The third kappa shape index (κ3) is 3.46. The van der Waals surface area contributed by atoms with Gasteiger partial charge in [-0.05, 0) is 38.8 Å². The van der Waals surface area contributed by atoms with Crippen LogP contribution in [0, 0.1) is 0 Å². The van der Waals surface area contributed by atoms with Crippen molar-refractivity contribution in [3.63, 3.8) is 0 Å². The molecule has 1 atom stereocenters. The highest BCUT2D eigenvalue weighted by molar-refractivity contribution is 8.13. The molecule has 1 aromatic carbocycles. The average Bonchev–Trinajstić information content (AvgIpc) is 2.35. The van der Waals surface area contributed by atoms with E-state index in [0.717, 1.165) is 30.0 Å². The zero-order valence-electron chi connectivity index (χ0n) is 12.9. The Kier molecular flexibility index (Phi) is 4.45. The third-order valence-electron chi connectivity index (χ3n) is 4.16. The smallest absolute Gasteiger partial charge is 0.233 e. The van der Waals surface area contributed by atoms with E-state index < -0.39 is 9.05 Å². The normalized spacial score (nSPS) is 21.0. The maximum absolute atomic E-state index is 11.5. The monoisotopic (exact) mass is 331 g/mol. The van der Waals surface area contributed by atoms with Gasteiger partial charge in [-0.1, -0.05) is 6.07 Å². The predicted octanol–water partition coefficient (Wildman–Crippen LogP) is 3.36. The van der Waals surface area contributed by atoms with Gasteiger partial charge in [-0.3, -0.25) is 0 Å². The average molecular weight is 332 g/mol. The molecule has 0 bridgehead atoms. The van der Waals surface area contributed by atoms with Crippen LogP contribution in [0.3, 0.4) is 0 Å². The minimum Gasteiger partial charge on any atom is -0.497 e. The molecule has 118 valence electrons. The Morgan fingerprint density at radius 3 is 2.62 bits per heavy atom. The van der Waals surface area contributed by atoms with Crippen LogP contribution in [-0.4, -0.2) is 33.4 Å². The first-order valence-electron chi connectivity index (χ1n) is 7.06. The van der Waals surface area contributed by atoms with Crippen molar-refractivity contribution in [2.45, 2.75) is 38.6 Å². The summed E-state index contributed by atoms with van der Waals surface area (Å²) in [6.45, 7) is 7.22. The number of ether oxygens (including phenoxy) is 1. The van der Waals surface area contributed by atoms with Gasteiger partial charge in [0, 0.05) is 40.4 Å². The Balaban J connectivity index is 2.54. The summed E-state index contributed by atoms with van der Waals surface area (Å²) in [5.74, 6) is 0.651. The molecule has 0 radical (unpaired) electrons. The zero-order chi connectivity index (χ0) is 15.8. The summed E-state index contributed by atoms with van der Waals surface area (Å²) in [6.07, 6.45) is 0.756.